The van der Waals surface area contributed by atoms with Gasteiger partial charge in [0.2, 0.25) is 0 Å². The first kappa shape index (κ1) is 13.9. The van der Waals surface area contributed by atoms with Crippen molar-refractivity contribution < 1.29 is 19.0 Å². The molecule has 0 heterocycles. The average Bonchev–Trinajstić information content (AvgIpc) is 2.36. The van der Waals surface area contributed by atoms with Crippen molar-refractivity contribution in [2.75, 3.05) is 13.7 Å². The Morgan fingerprint density at radius 1 is 1.50 bits per heavy atom. The molecule has 1 rings (SSSR count). The van der Waals surface area contributed by atoms with Crippen molar-refractivity contribution in [2.24, 2.45) is 4.99 Å². The number of carbonyl (C=O) groups is 1. The van der Waals surface area contributed by atoms with Gasteiger partial charge in [-0.05, 0) is 19.1 Å². The maximum atomic E-state index is 13.5. The number of carbonyl (C=O) groups excluding carboxylic acids is 1. The lowest BCUT2D eigenvalue weighted by Crippen LogP contribution is -2.11. The van der Waals surface area contributed by atoms with Crippen molar-refractivity contribution in [1.82, 2.24) is 0 Å². The minimum absolute atomic E-state index is 0.0690. The van der Waals surface area contributed by atoms with E-state index in [9.17, 15) is 14.3 Å². The van der Waals surface area contributed by atoms with E-state index in [-0.39, 0.29) is 17.7 Å². The lowest BCUT2D eigenvalue weighted by atomic mass is 10.1. The zero-order valence-electron chi connectivity index (χ0n) is 10.2. The molecule has 1 aromatic rings. The van der Waals surface area contributed by atoms with Crippen molar-refractivity contribution in [1.29, 1.82) is 0 Å². The normalized spacial score (nSPS) is 12.4. The van der Waals surface area contributed by atoms with Crippen LogP contribution in [0.2, 0.25) is 0 Å². The third-order valence-corrected chi connectivity index (χ3v) is 2.14. The summed E-state index contributed by atoms with van der Waals surface area (Å²) in [6.07, 6.45) is 1.14. The Bertz CT molecular complexity index is 495. The second kappa shape index (κ2) is 6.54. The summed E-state index contributed by atoms with van der Waals surface area (Å²) in [5, 5.41) is 9.94. The number of nitrogens with zero attached hydrogens (tertiary/aromatic N) is 1. The van der Waals surface area contributed by atoms with Crippen LogP contribution in [0.5, 0.6) is 0 Å². The van der Waals surface area contributed by atoms with Crippen molar-refractivity contribution >= 4 is 17.9 Å². The van der Waals surface area contributed by atoms with Gasteiger partial charge < -0.3 is 9.84 Å². The molecule has 4 nitrogen and oxygen atoms in total. The largest absolute Gasteiger partial charge is 0.506 e. The van der Waals surface area contributed by atoms with Crippen LogP contribution in [0.15, 0.2) is 34.8 Å². The summed E-state index contributed by atoms with van der Waals surface area (Å²) in [4.78, 5) is 15.3. The molecule has 0 aromatic heterocycles. The van der Waals surface area contributed by atoms with Gasteiger partial charge in [-0.3, -0.25) is 4.99 Å². The fourth-order valence-electron chi connectivity index (χ4n) is 1.35. The van der Waals surface area contributed by atoms with E-state index >= 15 is 0 Å². The monoisotopic (exact) mass is 251 g/mol. The van der Waals surface area contributed by atoms with Crippen LogP contribution in [0.3, 0.4) is 0 Å². The fourth-order valence-corrected chi connectivity index (χ4v) is 1.35. The first-order valence-corrected chi connectivity index (χ1v) is 5.39. The molecule has 0 aliphatic carbocycles. The molecule has 0 aliphatic heterocycles. The van der Waals surface area contributed by atoms with Crippen LogP contribution in [0.1, 0.15) is 12.5 Å². The molecule has 0 atom stereocenters. The Balaban J connectivity index is 3.28. The van der Waals surface area contributed by atoms with Gasteiger partial charge in [-0.2, -0.15) is 0 Å². The number of aliphatic hydroxyl groups excluding tert-OH is 1. The number of hydrogen-bond acceptors (Lipinski definition) is 4. The number of esters is 1. The number of halogens is 1. The molecule has 0 saturated heterocycles. The van der Waals surface area contributed by atoms with E-state index in [4.69, 9.17) is 4.74 Å². The van der Waals surface area contributed by atoms with Gasteiger partial charge in [0.1, 0.15) is 17.1 Å². The van der Waals surface area contributed by atoms with E-state index in [1.807, 2.05) is 0 Å². The number of aliphatic imine (C=N–C) groups is 1. The minimum Gasteiger partial charge on any atom is -0.506 e. The van der Waals surface area contributed by atoms with E-state index in [0.29, 0.717) is 0 Å². The quantitative estimate of drug-likeness (QED) is 0.387. The Hall–Kier alpha value is -2.17. The molecule has 0 spiro atoms. The second-order valence-electron chi connectivity index (χ2n) is 3.35. The summed E-state index contributed by atoms with van der Waals surface area (Å²) in [5.41, 5.74) is -0.245. The van der Waals surface area contributed by atoms with Crippen LogP contribution in [-0.2, 0) is 9.53 Å². The molecule has 0 radical (unpaired) electrons. The number of benzene rings is 1. The smallest absolute Gasteiger partial charge is 0.343 e. The van der Waals surface area contributed by atoms with Gasteiger partial charge in [0.25, 0.3) is 0 Å². The van der Waals surface area contributed by atoms with Crippen molar-refractivity contribution in [3.05, 3.63) is 41.2 Å². The van der Waals surface area contributed by atoms with E-state index in [0.717, 1.165) is 6.21 Å². The van der Waals surface area contributed by atoms with Crippen LogP contribution in [0.4, 0.5) is 4.39 Å². The highest BCUT2D eigenvalue weighted by Gasteiger charge is 2.17. The molecular weight excluding hydrogens is 237 g/mol. The van der Waals surface area contributed by atoms with E-state index in [2.05, 4.69) is 4.99 Å². The number of hydrogen-bond donors (Lipinski definition) is 1. The summed E-state index contributed by atoms with van der Waals surface area (Å²) < 4.78 is 18.3. The van der Waals surface area contributed by atoms with Gasteiger partial charge in [0.05, 0.1) is 12.2 Å². The van der Waals surface area contributed by atoms with Gasteiger partial charge in [0.15, 0.2) is 0 Å². The highest BCUT2D eigenvalue weighted by atomic mass is 19.1. The van der Waals surface area contributed by atoms with Crippen LogP contribution in [-0.4, -0.2) is 30.9 Å². The topological polar surface area (TPSA) is 58.9 Å². The zero-order chi connectivity index (χ0) is 13.5. The van der Waals surface area contributed by atoms with Crippen LogP contribution < -0.4 is 0 Å². The number of aliphatic hydroxyl groups is 1. The minimum atomic E-state index is -0.746. The maximum absolute atomic E-state index is 13.5. The molecule has 0 fully saturated rings. The molecule has 0 aliphatic rings. The van der Waals surface area contributed by atoms with E-state index < -0.39 is 17.5 Å². The first-order valence-electron chi connectivity index (χ1n) is 5.39. The molecule has 0 bridgehead atoms. The van der Waals surface area contributed by atoms with Crippen LogP contribution >= 0.6 is 0 Å². The molecule has 1 aromatic carbocycles. The van der Waals surface area contributed by atoms with Gasteiger partial charge in [-0.25, -0.2) is 9.18 Å². The molecule has 0 unspecified atom stereocenters. The van der Waals surface area contributed by atoms with Gasteiger partial charge in [-0.15, -0.1) is 0 Å². The fraction of sp³-hybridized carbons (Fsp3) is 0.231. The Morgan fingerprint density at radius 3 is 2.72 bits per heavy atom. The first-order chi connectivity index (χ1) is 8.61. The molecule has 5 heteroatoms. The predicted molar refractivity (Wildman–Crippen MR) is 67.0 cm³/mol. The number of ether oxygens (including phenoxy) is 1. The van der Waals surface area contributed by atoms with E-state index in [1.165, 1.54) is 25.2 Å². The molecule has 96 valence electrons. The molecular formula is C13H14FNO3. The zero-order valence-corrected chi connectivity index (χ0v) is 10.2. The SMILES string of the molecule is CCOC(=O)C(C=NC)=C(O)c1ccccc1F. The second-order valence-corrected chi connectivity index (χ2v) is 3.35. The third-order valence-electron chi connectivity index (χ3n) is 2.14. The summed E-state index contributed by atoms with van der Waals surface area (Å²) in [7, 11) is 1.44. The molecule has 1 N–H and O–H groups in total. The van der Waals surface area contributed by atoms with Crippen molar-refractivity contribution in [3.63, 3.8) is 0 Å². The molecule has 18 heavy (non-hydrogen) atoms. The average molecular weight is 251 g/mol. The Morgan fingerprint density at radius 2 is 2.17 bits per heavy atom. The summed E-state index contributed by atoms with van der Waals surface area (Å²) in [6, 6.07) is 5.61. The summed E-state index contributed by atoms with van der Waals surface area (Å²) in [6.45, 7) is 1.79. The van der Waals surface area contributed by atoms with Crippen molar-refractivity contribution in [2.45, 2.75) is 6.92 Å². The standard InChI is InChI=1S/C13H14FNO3/c1-3-18-13(17)10(8-15-2)12(16)9-6-4-5-7-11(9)14/h4-8,16H,3H2,1-2H3. The van der Waals surface area contributed by atoms with E-state index in [1.54, 1.807) is 13.0 Å². The van der Waals surface area contributed by atoms with Crippen LogP contribution in [0.25, 0.3) is 5.76 Å². The summed E-state index contributed by atoms with van der Waals surface area (Å²) in [5.74, 6) is -1.86. The highest BCUT2D eigenvalue weighted by molar-refractivity contribution is 6.15. The van der Waals surface area contributed by atoms with Gasteiger partial charge in [-0.1, -0.05) is 12.1 Å². The Labute approximate surface area is 104 Å². The highest BCUT2D eigenvalue weighted by Crippen LogP contribution is 2.19. The third kappa shape index (κ3) is 3.16. The van der Waals surface area contributed by atoms with Gasteiger partial charge in [0, 0.05) is 13.3 Å². The Kier molecular flexibility index (Phi) is 5.05. The lowest BCUT2D eigenvalue weighted by molar-refractivity contribution is -0.137. The van der Waals surface area contributed by atoms with Gasteiger partial charge >= 0.3 is 5.97 Å². The predicted octanol–water partition coefficient (Wildman–Crippen LogP) is 2.36. The molecule has 0 amide bonds. The number of rotatable bonds is 4. The lowest BCUT2D eigenvalue weighted by Gasteiger charge is -2.07. The molecule has 0 saturated carbocycles. The van der Waals surface area contributed by atoms with Crippen LogP contribution in [0, 0.1) is 5.82 Å². The maximum Gasteiger partial charge on any atom is 0.343 e. The summed E-state index contributed by atoms with van der Waals surface area (Å²) >= 11 is 0. The van der Waals surface area contributed by atoms with Crippen molar-refractivity contribution in [3.8, 4) is 0 Å².